The van der Waals surface area contributed by atoms with Crippen LogP contribution in [0.2, 0.25) is 5.02 Å². The first-order chi connectivity index (χ1) is 15.2. The van der Waals surface area contributed by atoms with Crippen LogP contribution in [0.5, 0.6) is 0 Å². The first-order valence-electron chi connectivity index (χ1n) is 10.0. The highest BCUT2D eigenvalue weighted by molar-refractivity contribution is 7.99. The number of nitrogens with zero attached hydrogens (tertiary/aromatic N) is 5. The number of benzene rings is 1. The molecular formula is C21H23ClN6O2S. The molecule has 0 saturated carbocycles. The Bertz CT molecular complexity index is 993. The molecule has 0 spiro atoms. The second kappa shape index (κ2) is 10.7. The number of anilines is 1. The lowest BCUT2D eigenvalue weighted by molar-refractivity contribution is -0.113. The van der Waals surface area contributed by atoms with Crippen LogP contribution in [-0.4, -0.2) is 69.2 Å². The number of nitrogens with one attached hydrogen (secondary N) is 1. The number of amides is 1. The molecule has 1 aromatic carbocycles. The van der Waals surface area contributed by atoms with Crippen molar-refractivity contribution in [3.05, 3.63) is 53.8 Å². The number of hydrogen-bond donors (Lipinski definition) is 1. The van der Waals surface area contributed by atoms with Crippen LogP contribution in [0.1, 0.15) is 0 Å². The summed E-state index contributed by atoms with van der Waals surface area (Å²) in [4.78, 5) is 19.0. The highest BCUT2D eigenvalue weighted by atomic mass is 35.5. The lowest BCUT2D eigenvalue weighted by atomic mass is 10.2. The summed E-state index contributed by atoms with van der Waals surface area (Å²) in [5.41, 5.74) is 1.61. The molecular weight excluding hydrogens is 436 g/mol. The van der Waals surface area contributed by atoms with Crippen molar-refractivity contribution in [2.45, 2.75) is 11.7 Å². The first kappa shape index (κ1) is 21.8. The van der Waals surface area contributed by atoms with E-state index < -0.39 is 0 Å². The first-order valence-corrected chi connectivity index (χ1v) is 11.4. The van der Waals surface area contributed by atoms with Gasteiger partial charge in [-0.3, -0.25) is 14.7 Å². The second-order valence-electron chi connectivity index (χ2n) is 7.00. The monoisotopic (exact) mass is 458 g/mol. The summed E-state index contributed by atoms with van der Waals surface area (Å²) < 4.78 is 7.50. The summed E-state index contributed by atoms with van der Waals surface area (Å²) in [6.45, 7) is 4.92. The van der Waals surface area contributed by atoms with Gasteiger partial charge in [0.15, 0.2) is 11.0 Å². The van der Waals surface area contributed by atoms with Gasteiger partial charge < -0.3 is 14.6 Å². The molecule has 1 aliphatic rings. The van der Waals surface area contributed by atoms with Gasteiger partial charge in [-0.15, -0.1) is 10.2 Å². The fourth-order valence-corrected chi connectivity index (χ4v) is 4.12. The minimum atomic E-state index is -0.113. The van der Waals surface area contributed by atoms with E-state index >= 15 is 0 Å². The fourth-order valence-electron chi connectivity index (χ4n) is 3.23. The predicted octanol–water partition coefficient (Wildman–Crippen LogP) is 3.06. The summed E-state index contributed by atoms with van der Waals surface area (Å²) in [6.07, 6.45) is 3.51. The molecule has 4 rings (SSSR count). The molecule has 2 aromatic heterocycles. The standard InChI is InChI=1S/C21H23ClN6O2S/c22-17-3-5-18(6-4-17)24-19(29)15-31-21-26-25-20(16-2-1-7-23-14-16)28(21)9-8-27-10-12-30-13-11-27/h1-7,14H,8-13,15H2,(H,24,29). The topological polar surface area (TPSA) is 85.2 Å². The Labute approximate surface area is 190 Å². The highest BCUT2D eigenvalue weighted by Crippen LogP contribution is 2.24. The summed E-state index contributed by atoms with van der Waals surface area (Å²) >= 11 is 7.26. The molecule has 31 heavy (non-hydrogen) atoms. The summed E-state index contributed by atoms with van der Waals surface area (Å²) in [5, 5.41) is 12.9. The average molecular weight is 459 g/mol. The molecule has 0 bridgehead atoms. The van der Waals surface area contributed by atoms with E-state index in [0.29, 0.717) is 15.9 Å². The van der Waals surface area contributed by atoms with Gasteiger partial charge in [-0.1, -0.05) is 23.4 Å². The minimum Gasteiger partial charge on any atom is -0.379 e. The fraction of sp³-hybridized carbons (Fsp3) is 0.333. The van der Waals surface area contributed by atoms with Crippen molar-refractivity contribution in [1.29, 1.82) is 0 Å². The number of morpholine rings is 1. The number of thioether (sulfide) groups is 1. The molecule has 1 aliphatic heterocycles. The molecule has 0 atom stereocenters. The number of rotatable bonds is 8. The second-order valence-corrected chi connectivity index (χ2v) is 8.38. The third kappa shape index (κ3) is 6.04. The minimum absolute atomic E-state index is 0.113. The van der Waals surface area contributed by atoms with E-state index in [1.165, 1.54) is 11.8 Å². The molecule has 10 heteroatoms. The van der Waals surface area contributed by atoms with Crippen LogP contribution in [-0.2, 0) is 16.1 Å². The van der Waals surface area contributed by atoms with Crippen molar-refractivity contribution in [1.82, 2.24) is 24.6 Å². The lowest BCUT2D eigenvalue weighted by Gasteiger charge is -2.26. The van der Waals surface area contributed by atoms with E-state index in [2.05, 4.69) is 30.0 Å². The summed E-state index contributed by atoms with van der Waals surface area (Å²) in [7, 11) is 0. The third-order valence-corrected chi connectivity index (χ3v) is 6.06. The third-order valence-electron chi connectivity index (χ3n) is 4.84. The predicted molar refractivity (Wildman–Crippen MR) is 121 cm³/mol. The van der Waals surface area contributed by atoms with Crippen molar-refractivity contribution < 1.29 is 9.53 Å². The van der Waals surface area contributed by atoms with Crippen molar-refractivity contribution in [2.75, 3.05) is 43.9 Å². The molecule has 8 nitrogen and oxygen atoms in total. The Kier molecular flexibility index (Phi) is 7.52. The van der Waals surface area contributed by atoms with E-state index in [4.69, 9.17) is 16.3 Å². The van der Waals surface area contributed by atoms with Gasteiger partial charge in [-0.05, 0) is 36.4 Å². The molecule has 1 N–H and O–H groups in total. The van der Waals surface area contributed by atoms with E-state index in [1.807, 2.05) is 12.1 Å². The Balaban J connectivity index is 1.44. The summed E-state index contributed by atoms with van der Waals surface area (Å²) in [6, 6.07) is 10.9. The van der Waals surface area contributed by atoms with Gasteiger partial charge in [-0.25, -0.2) is 0 Å². The number of aromatic nitrogens is 4. The molecule has 0 aliphatic carbocycles. The maximum absolute atomic E-state index is 12.4. The van der Waals surface area contributed by atoms with Crippen LogP contribution >= 0.6 is 23.4 Å². The van der Waals surface area contributed by atoms with E-state index in [9.17, 15) is 4.79 Å². The van der Waals surface area contributed by atoms with E-state index in [1.54, 1.807) is 36.7 Å². The zero-order valence-corrected chi connectivity index (χ0v) is 18.5. The normalized spacial score (nSPS) is 14.5. The van der Waals surface area contributed by atoms with Gasteiger partial charge in [0.25, 0.3) is 0 Å². The maximum Gasteiger partial charge on any atom is 0.234 e. The number of hydrogen-bond acceptors (Lipinski definition) is 7. The molecule has 3 heterocycles. The van der Waals surface area contributed by atoms with E-state index in [-0.39, 0.29) is 11.7 Å². The van der Waals surface area contributed by atoms with Gasteiger partial charge in [0.05, 0.1) is 19.0 Å². The molecule has 3 aromatic rings. The Morgan fingerprint density at radius 2 is 1.94 bits per heavy atom. The molecule has 1 amide bonds. The van der Waals surface area contributed by atoms with Crippen LogP contribution in [0.3, 0.4) is 0 Å². The van der Waals surface area contributed by atoms with Crippen molar-refractivity contribution in [3.63, 3.8) is 0 Å². The van der Waals surface area contributed by atoms with Crippen LogP contribution in [0.4, 0.5) is 5.69 Å². The number of halogens is 1. The lowest BCUT2D eigenvalue weighted by Crippen LogP contribution is -2.38. The molecule has 162 valence electrons. The largest absolute Gasteiger partial charge is 0.379 e. The van der Waals surface area contributed by atoms with Crippen molar-refractivity contribution >= 4 is 35.0 Å². The number of carbonyl (C=O) groups excluding carboxylic acids is 1. The number of pyridine rings is 1. The Morgan fingerprint density at radius 1 is 1.13 bits per heavy atom. The molecule has 0 unspecified atom stereocenters. The molecule has 0 radical (unpaired) electrons. The number of ether oxygens (including phenoxy) is 1. The van der Waals surface area contributed by atoms with Crippen LogP contribution < -0.4 is 5.32 Å². The quantitative estimate of drug-likeness (QED) is 0.519. The molecule has 1 saturated heterocycles. The van der Waals surface area contributed by atoms with Gasteiger partial charge in [0.2, 0.25) is 5.91 Å². The number of carbonyl (C=O) groups is 1. The van der Waals surface area contributed by atoms with Gasteiger partial charge >= 0.3 is 0 Å². The smallest absolute Gasteiger partial charge is 0.234 e. The Morgan fingerprint density at radius 3 is 2.68 bits per heavy atom. The Hall–Kier alpha value is -2.46. The van der Waals surface area contributed by atoms with Gasteiger partial charge in [0, 0.05) is 54.8 Å². The zero-order chi connectivity index (χ0) is 21.5. The van der Waals surface area contributed by atoms with E-state index in [0.717, 1.165) is 50.8 Å². The van der Waals surface area contributed by atoms with Gasteiger partial charge in [0.1, 0.15) is 0 Å². The van der Waals surface area contributed by atoms with Crippen LogP contribution in [0.15, 0.2) is 53.9 Å². The highest BCUT2D eigenvalue weighted by Gasteiger charge is 2.18. The molecule has 1 fully saturated rings. The SMILES string of the molecule is O=C(CSc1nnc(-c2cccnc2)n1CCN1CCOCC1)Nc1ccc(Cl)cc1. The van der Waals surface area contributed by atoms with Crippen molar-refractivity contribution in [2.24, 2.45) is 0 Å². The van der Waals surface area contributed by atoms with Crippen LogP contribution in [0.25, 0.3) is 11.4 Å². The maximum atomic E-state index is 12.4. The zero-order valence-electron chi connectivity index (χ0n) is 16.9. The summed E-state index contributed by atoms with van der Waals surface area (Å²) in [5.74, 6) is 0.866. The van der Waals surface area contributed by atoms with Crippen molar-refractivity contribution in [3.8, 4) is 11.4 Å². The average Bonchev–Trinajstić information content (AvgIpc) is 3.22. The van der Waals surface area contributed by atoms with Crippen LogP contribution in [0, 0.1) is 0 Å². The van der Waals surface area contributed by atoms with Gasteiger partial charge in [-0.2, -0.15) is 0 Å².